The Morgan fingerprint density at radius 1 is 1.21 bits per heavy atom. The molecule has 1 aliphatic rings. The number of piperidine rings is 1. The van der Waals surface area contributed by atoms with Crippen molar-refractivity contribution in [2.24, 2.45) is 0 Å². The molecule has 0 N–H and O–H groups in total. The molecule has 0 atom stereocenters. The van der Waals surface area contributed by atoms with Gasteiger partial charge in [0.15, 0.2) is 0 Å². The van der Waals surface area contributed by atoms with E-state index in [1.807, 2.05) is 31.9 Å². The van der Waals surface area contributed by atoms with Crippen LogP contribution >= 0.6 is 11.3 Å². The second-order valence-electron chi connectivity index (χ2n) is 7.09. The molecule has 0 aromatic carbocycles. The number of hydrogen-bond donors (Lipinski definition) is 0. The van der Waals surface area contributed by atoms with E-state index in [2.05, 4.69) is 9.97 Å². The van der Waals surface area contributed by atoms with Crippen molar-refractivity contribution >= 4 is 17.2 Å². The Bertz CT molecular complexity index is 816. The number of amides is 1. The maximum absolute atomic E-state index is 12.8. The topological polar surface area (TPSA) is 77.4 Å². The normalized spacial score (nSPS) is 15.2. The monoisotopic (exact) mass is 404 g/mol. The van der Waals surface area contributed by atoms with Crippen molar-refractivity contribution in [3.05, 3.63) is 38.9 Å². The molecule has 8 heteroatoms. The van der Waals surface area contributed by atoms with Crippen molar-refractivity contribution in [3.63, 3.8) is 0 Å². The molecule has 7 nitrogen and oxygen atoms in total. The Labute approximate surface area is 170 Å². The molecule has 1 amide bonds. The highest BCUT2D eigenvalue weighted by atomic mass is 32.1. The van der Waals surface area contributed by atoms with Crippen LogP contribution in [0, 0.1) is 20.8 Å². The van der Waals surface area contributed by atoms with Gasteiger partial charge in [-0.1, -0.05) is 0 Å². The third-order valence-corrected chi connectivity index (χ3v) is 6.04. The van der Waals surface area contributed by atoms with E-state index in [1.54, 1.807) is 7.11 Å². The van der Waals surface area contributed by atoms with Gasteiger partial charge in [-0.2, -0.15) is 0 Å². The predicted octanol–water partition coefficient (Wildman–Crippen LogP) is 3.04. The van der Waals surface area contributed by atoms with Gasteiger partial charge in [0.2, 0.25) is 0 Å². The van der Waals surface area contributed by atoms with Gasteiger partial charge in [0.1, 0.15) is 10.7 Å². The van der Waals surface area contributed by atoms with E-state index in [9.17, 15) is 4.79 Å². The summed E-state index contributed by atoms with van der Waals surface area (Å²) in [5.41, 5.74) is 2.92. The maximum Gasteiger partial charge on any atom is 0.265 e. The summed E-state index contributed by atoms with van der Waals surface area (Å²) in [6.07, 6.45) is 3.65. The molecule has 1 saturated heterocycles. The van der Waals surface area contributed by atoms with Gasteiger partial charge >= 0.3 is 0 Å². The average molecular weight is 405 g/mol. The number of thiazole rings is 1. The molecule has 1 fully saturated rings. The van der Waals surface area contributed by atoms with Gasteiger partial charge in [-0.3, -0.25) is 4.79 Å². The number of likely N-dealkylation sites (tertiary alicyclic amines) is 1. The highest BCUT2D eigenvalue weighted by Gasteiger charge is 2.28. The summed E-state index contributed by atoms with van der Waals surface area (Å²) in [7, 11) is 1.66. The molecule has 1 aliphatic heterocycles. The lowest BCUT2D eigenvalue weighted by Gasteiger charge is -2.32. The number of carbonyl (C=O) groups excluding carboxylic acids is 1. The van der Waals surface area contributed by atoms with Crippen molar-refractivity contribution in [1.82, 2.24) is 19.9 Å². The first-order valence-corrected chi connectivity index (χ1v) is 10.4. The second kappa shape index (κ2) is 9.54. The Hall–Kier alpha value is -1.90. The Balaban J connectivity index is 1.65. The van der Waals surface area contributed by atoms with E-state index in [1.165, 1.54) is 11.3 Å². The minimum Gasteiger partial charge on any atom is -0.382 e. The average Bonchev–Trinajstić information content (AvgIpc) is 3.04. The van der Waals surface area contributed by atoms with Gasteiger partial charge in [0.05, 0.1) is 36.2 Å². The zero-order valence-electron chi connectivity index (χ0n) is 17.0. The fraction of sp³-hybridized carbons (Fsp3) is 0.600. The maximum atomic E-state index is 12.8. The number of rotatable bonds is 7. The van der Waals surface area contributed by atoms with Crippen LogP contribution in [0.3, 0.4) is 0 Å². The van der Waals surface area contributed by atoms with Crippen molar-refractivity contribution in [3.8, 4) is 0 Å². The fourth-order valence-corrected chi connectivity index (χ4v) is 4.42. The number of methoxy groups -OCH3 is 1. The van der Waals surface area contributed by atoms with Crippen LogP contribution in [0.4, 0.5) is 0 Å². The number of nitrogens with zero attached hydrogens (tertiary/aromatic N) is 4. The van der Waals surface area contributed by atoms with Gasteiger partial charge < -0.3 is 14.4 Å². The summed E-state index contributed by atoms with van der Waals surface area (Å²) >= 11 is 1.48. The number of carbonyl (C=O) groups is 1. The van der Waals surface area contributed by atoms with Crippen LogP contribution in [0.2, 0.25) is 0 Å². The lowest BCUT2D eigenvalue weighted by Crippen LogP contribution is -2.38. The molecule has 28 heavy (non-hydrogen) atoms. The molecule has 0 aliphatic carbocycles. The molecular formula is C20H28N4O3S. The minimum absolute atomic E-state index is 0.101. The first kappa shape index (κ1) is 20.8. The first-order chi connectivity index (χ1) is 13.5. The number of ether oxygens (including phenoxy) is 2. The van der Waals surface area contributed by atoms with Crippen LogP contribution in [0.25, 0.3) is 0 Å². The van der Waals surface area contributed by atoms with Crippen LogP contribution in [0.1, 0.15) is 56.2 Å². The minimum atomic E-state index is 0.101. The lowest BCUT2D eigenvalue weighted by molar-refractivity contribution is 0.0604. The van der Waals surface area contributed by atoms with E-state index in [-0.39, 0.29) is 5.91 Å². The summed E-state index contributed by atoms with van der Waals surface area (Å²) in [5.74, 6) is 1.18. The van der Waals surface area contributed by atoms with Crippen molar-refractivity contribution < 1.29 is 14.3 Å². The van der Waals surface area contributed by atoms with Gasteiger partial charge in [-0.15, -0.1) is 11.3 Å². The highest BCUT2D eigenvalue weighted by molar-refractivity contribution is 7.13. The molecule has 0 unspecified atom stereocenters. The number of aryl methyl sites for hydroxylation is 3. The molecule has 3 rings (SSSR count). The molecule has 3 heterocycles. The van der Waals surface area contributed by atoms with Crippen LogP contribution in [0.15, 0.2) is 6.20 Å². The van der Waals surface area contributed by atoms with E-state index in [4.69, 9.17) is 14.5 Å². The van der Waals surface area contributed by atoms with Gasteiger partial charge in [-0.25, -0.2) is 15.0 Å². The summed E-state index contributed by atoms with van der Waals surface area (Å²) in [6, 6.07) is 0. The number of aromatic nitrogens is 3. The molecule has 0 radical (unpaired) electrons. The van der Waals surface area contributed by atoms with Gasteiger partial charge in [0.25, 0.3) is 5.91 Å². The highest BCUT2D eigenvalue weighted by Crippen LogP contribution is 2.31. The Morgan fingerprint density at radius 2 is 1.96 bits per heavy atom. The summed E-state index contributed by atoms with van der Waals surface area (Å²) < 4.78 is 10.7. The molecule has 0 saturated carbocycles. The van der Waals surface area contributed by atoms with E-state index < -0.39 is 0 Å². The predicted molar refractivity (Wildman–Crippen MR) is 108 cm³/mol. The molecule has 2 aromatic rings. The zero-order valence-corrected chi connectivity index (χ0v) is 17.8. The fourth-order valence-electron chi connectivity index (χ4n) is 3.53. The third kappa shape index (κ3) is 4.92. The van der Waals surface area contributed by atoms with E-state index in [0.29, 0.717) is 25.7 Å². The molecular weight excluding hydrogens is 376 g/mol. The van der Waals surface area contributed by atoms with Gasteiger partial charge in [0, 0.05) is 37.9 Å². The van der Waals surface area contributed by atoms with Crippen molar-refractivity contribution in [1.29, 1.82) is 0 Å². The summed E-state index contributed by atoms with van der Waals surface area (Å²) in [5, 5.41) is 0.935. The van der Waals surface area contributed by atoms with Crippen LogP contribution in [-0.2, 0) is 16.1 Å². The zero-order chi connectivity index (χ0) is 20.1. The number of hydrogen-bond acceptors (Lipinski definition) is 7. The largest absolute Gasteiger partial charge is 0.382 e. The quantitative estimate of drug-likeness (QED) is 0.660. The second-order valence-corrected chi connectivity index (χ2v) is 8.29. The Morgan fingerprint density at radius 3 is 2.61 bits per heavy atom. The van der Waals surface area contributed by atoms with Crippen molar-refractivity contribution in [2.45, 2.75) is 46.1 Å². The van der Waals surface area contributed by atoms with Crippen molar-refractivity contribution in [2.75, 3.05) is 33.4 Å². The molecule has 152 valence electrons. The standard InChI is InChI=1S/C20H28N4O3S/c1-13-19(28-15(3)22-13)20(25)24-7-5-16(6-8-24)18-17(11-21-14(2)23-18)12-27-10-9-26-4/h11,16H,5-10,12H2,1-4H3. The summed E-state index contributed by atoms with van der Waals surface area (Å²) in [6.45, 7) is 8.81. The SMILES string of the molecule is COCCOCc1cnc(C)nc1C1CCN(C(=O)c2sc(C)nc2C)CC1. The molecule has 0 bridgehead atoms. The molecule has 2 aromatic heterocycles. The van der Waals surface area contributed by atoms with Gasteiger partial charge in [-0.05, 0) is 33.6 Å². The van der Waals surface area contributed by atoms with E-state index >= 15 is 0 Å². The third-order valence-electron chi connectivity index (χ3n) is 4.97. The van der Waals surface area contributed by atoms with Crippen LogP contribution < -0.4 is 0 Å². The van der Waals surface area contributed by atoms with Crippen LogP contribution in [0.5, 0.6) is 0 Å². The van der Waals surface area contributed by atoms with E-state index in [0.717, 1.165) is 58.6 Å². The molecule has 0 spiro atoms. The first-order valence-electron chi connectivity index (χ1n) is 9.62. The summed E-state index contributed by atoms with van der Waals surface area (Å²) in [4.78, 5) is 29.0. The smallest absolute Gasteiger partial charge is 0.265 e. The lowest BCUT2D eigenvalue weighted by atomic mass is 9.90. The van der Waals surface area contributed by atoms with Crippen LogP contribution in [-0.4, -0.2) is 59.2 Å². The Kier molecular flexibility index (Phi) is 7.09.